The minimum atomic E-state index is 0.873. The molecule has 0 saturated heterocycles. The van der Waals surface area contributed by atoms with E-state index in [9.17, 15) is 0 Å². The summed E-state index contributed by atoms with van der Waals surface area (Å²) >= 11 is 0. The molecule has 10 aromatic carbocycles. The van der Waals surface area contributed by atoms with Gasteiger partial charge in [-0.1, -0.05) is 158 Å². The van der Waals surface area contributed by atoms with Gasteiger partial charge in [-0.05, 0) is 108 Å². The van der Waals surface area contributed by atoms with Gasteiger partial charge in [0, 0.05) is 16.8 Å². The molecule has 0 aliphatic rings. The van der Waals surface area contributed by atoms with E-state index in [1.165, 1.54) is 65.3 Å². The molecule has 1 aromatic heterocycles. The van der Waals surface area contributed by atoms with Crippen molar-refractivity contribution in [1.82, 2.24) is 0 Å². The molecule has 0 saturated carbocycles. The van der Waals surface area contributed by atoms with Crippen LogP contribution >= 0.6 is 0 Å². The SMILES string of the molecule is c1ccc2c(-c3ccc(N(c4ccc(-c5cccc6c5ccc5ccc7ccccc7c56)cc4)c4cccc5oc6ccccc6c45)cc3)cccc2c1. The maximum absolute atomic E-state index is 6.38. The highest BCUT2D eigenvalue weighted by Crippen LogP contribution is 2.44. The average Bonchev–Trinajstić information content (AvgIpc) is 3.63. The highest BCUT2D eigenvalue weighted by molar-refractivity contribution is 6.22. The van der Waals surface area contributed by atoms with Gasteiger partial charge < -0.3 is 9.32 Å². The second-order valence-corrected chi connectivity index (χ2v) is 14.1. The van der Waals surface area contributed by atoms with Gasteiger partial charge in [0.15, 0.2) is 0 Å². The quantitative estimate of drug-likeness (QED) is 0.168. The number of hydrogen-bond acceptors (Lipinski definition) is 2. The number of nitrogens with zero attached hydrogens (tertiary/aromatic N) is 1. The Labute approximate surface area is 312 Å². The number of rotatable bonds is 5. The average molecular weight is 688 g/mol. The molecule has 0 fully saturated rings. The molecule has 0 aliphatic carbocycles. The van der Waals surface area contributed by atoms with Crippen LogP contribution < -0.4 is 4.90 Å². The highest BCUT2D eigenvalue weighted by atomic mass is 16.3. The van der Waals surface area contributed by atoms with Gasteiger partial charge in [0.25, 0.3) is 0 Å². The molecular formula is C52H33NO. The van der Waals surface area contributed by atoms with Crippen molar-refractivity contribution in [3.63, 3.8) is 0 Å². The van der Waals surface area contributed by atoms with Gasteiger partial charge in [-0.2, -0.15) is 0 Å². The van der Waals surface area contributed by atoms with Crippen LogP contribution in [0, 0.1) is 0 Å². The first-order valence-electron chi connectivity index (χ1n) is 18.5. The van der Waals surface area contributed by atoms with Crippen molar-refractivity contribution in [3.05, 3.63) is 200 Å². The van der Waals surface area contributed by atoms with Crippen LogP contribution in [0.1, 0.15) is 0 Å². The minimum Gasteiger partial charge on any atom is -0.456 e. The summed E-state index contributed by atoms with van der Waals surface area (Å²) in [4.78, 5) is 2.36. The second kappa shape index (κ2) is 12.2. The van der Waals surface area contributed by atoms with Crippen LogP contribution in [0.25, 0.3) is 87.3 Å². The lowest BCUT2D eigenvalue weighted by Gasteiger charge is -2.27. The smallest absolute Gasteiger partial charge is 0.137 e. The Morgan fingerprint density at radius 1 is 0.296 bits per heavy atom. The Balaban J connectivity index is 1.07. The molecule has 0 spiro atoms. The molecular weight excluding hydrogens is 655 g/mol. The molecule has 2 heteroatoms. The molecule has 0 aliphatic heterocycles. The molecule has 0 amide bonds. The molecule has 252 valence electrons. The number of anilines is 3. The second-order valence-electron chi connectivity index (χ2n) is 14.1. The zero-order valence-corrected chi connectivity index (χ0v) is 29.4. The summed E-state index contributed by atoms with van der Waals surface area (Å²) in [6.07, 6.45) is 0. The summed E-state index contributed by atoms with van der Waals surface area (Å²) in [7, 11) is 0. The zero-order chi connectivity index (χ0) is 35.6. The Kier molecular flexibility index (Phi) is 6.90. The molecule has 0 bridgehead atoms. The van der Waals surface area contributed by atoms with Crippen LogP contribution in [0.4, 0.5) is 17.1 Å². The molecule has 1 heterocycles. The normalized spacial score (nSPS) is 11.7. The van der Waals surface area contributed by atoms with Crippen LogP contribution in [0.15, 0.2) is 205 Å². The highest BCUT2D eigenvalue weighted by Gasteiger charge is 2.20. The predicted octanol–water partition coefficient (Wildman–Crippen LogP) is 15.0. The Morgan fingerprint density at radius 3 is 1.57 bits per heavy atom. The lowest BCUT2D eigenvalue weighted by molar-refractivity contribution is 0.669. The lowest BCUT2D eigenvalue weighted by Crippen LogP contribution is -2.10. The number of para-hydroxylation sites is 1. The van der Waals surface area contributed by atoms with Crippen molar-refractivity contribution >= 4 is 82.1 Å². The third kappa shape index (κ3) is 4.81. The Bertz CT molecular complexity index is 3200. The van der Waals surface area contributed by atoms with Gasteiger partial charge in [-0.25, -0.2) is 0 Å². The Morgan fingerprint density at radius 2 is 0.815 bits per heavy atom. The van der Waals surface area contributed by atoms with Crippen LogP contribution in [-0.2, 0) is 0 Å². The molecule has 0 atom stereocenters. The van der Waals surface area contributed by atoms with Gasteiger partial charge in [0.05, 0.1) is 11.1 Å². The maximum atomic E-state index is 6.38. The van der Waals surface area contributed by atoms with Crippen LogP contribution in [0.3, 0.4) is 0 Å². The van der Waals surface area contributed by atoms with E-state index in [1.807, 2.05) is 12.1 Å². The van der Waals surface area contributed by atoms with E-state index < -0.39 is 0 Å². The summed E-state index contributed by atoms with van der Waals surface area (Å²) in [6.45, 7) is 0. The number of benzene rings is 10. The molecule has 0 N–H and O–H groups in total. The van der Waals surface area contributed by atoms with E-state index in [-0.39, 0.29) is 0 Å². The third-order valence-electron chi connectivity index (χ3n) is 11.1. The van der Waals surface area contributed by atoms with Gasteiger partial charge in [-0.15, -0.1) is 0 Å². The Hall–Kier alpha value is -7.16. The van der Waals surface area contributed by atoms with E-state index in [0.29, 0.717) is 0 Å². The summed E-state index contributed by atoms with van der Waals surface area (Å²) in [5.74, 6) is 0. The topological polar surface area (TPSA) is 16.4 Å². The van der Waals surface area contributed by atoms with Crippen molar-refractivity contribution in [3.8, 4) is 22.3 Å². The van der Waals surface area contributed by atoms with E-state index in [2.05, 4.69) is 193 Å². The number of fused-ring (bicyclic) bond motifs is 9. The molecule has 54 heavy (non-hydrogen) atoms. The van der Waals surface area contributed by atoms with E-state index in [0.717, 1.165) is 39.0 Å². The van der Waals surface area contributed by atoms with Crippen molar-refractivity contribution in [2.24, 2.45) is 0 Å². The number of furan rings is 1. The molecule has 0 radical (unpaired) electrons. The third-order valence-corrected chi connectivity index (χ3v) is 11.1. The minimum absolute atomic E-state index is 0.873. The summed E-state index contributed by atoms with van der Waals surface area (Å²) < 4.78 is 6.38. The standard InChI is InChI=1S/C52H33NO/c1-3-13-41-34(10-1)12-7-16-42(41)36-24-29-39(30-25-36)53(48-19-9-21-50-52(48)47-15-5-6-20-49(47)54-50)40-31-26-37(27-32-40)43-17-8-18-46-45(43)33-28-38-23-22-35-11-2-4-14-44(35)51(38)46/h1-33H. The first kappa shape index (κ1) is 30.5. The van der Waals surface area contributed by atoms with Crippen molar-refractivity contribution in [2.75, 3.05) is 4.90 Å². The first-order valence-corrected chi connectivity index (χ1v) is 18.5. The number of hydrogen-bond donors (Lipinski definition) is 0. The predicted molar refractivity (Wildman–Crippen MR) is 229 cm³/mol. The van der Waals surface area contributed by atoms with Gasteiger partial charge >= 0.3 is 0 Å². The van der Waals surface area contributed by atoms with Crippen LogP contribution in [-0.4, -0.2) is 0 Å². The summed E-state index contributed by atoms with van der Waals surface area (Å²) in [5.41, 5.74) is 9.81. The van der Waals surface area contributed by atoms with E-state index in [4.69, 9.17) is 4.42 Å². The van der Waals surface area contributed by atoms with Gasteiger partial charge in [-0.3, -0.25) is 0 Å². The fourth-order valence-corrected chi connectivity index (χ4v) is 8.54. The molecule has 11 rings (SSSR count). The zero-order valence-electron chi connectivity index (χ0n) is 29.4. The summed E-state index contributed by atoms with van der Waals surface area (Å²) in [6, 6.07) is 72.3. The molecule has 11 aromatic rings. The van der Waals surface area contributed by atoms with Crippen LogP contribution in [0.5, 0.6) is 0 Å². The first-order chi connectivity index (χ1) is 26.8. The largest absolute Gasteiger partial charge is 0.456 e. The van der Waals surface area contributed by atoms with E-state index in [1.54, 1.807) is 0 Å². The molecule has 0 unspecified atom stereocenters. The fraction of sp³-hybridized carbons (Fsp3) is 0. The summed E-state index contributed by atoms with van der Waals surface area (Å²) in [5, 5.41) is 12.3. The fourth-order valence-electron chi connectivity index (χ4n) is 8.54. The van der Waals surface area contributed by atoms with Crippen molar-refractivity contribution < 1.29 is 4.42 Å². The van der Waals surface area contributed by atoms with Gasteiger partial charge in [0.1, 0.15) is 11.2 Å². The molecule has 2 nitrogen and oxygen atoms in total. The van der Waals surface area contributed by atoms with Crippen molar-refractivity contribution in [1.29, 1.82) is 0 Å². The van der Waals surface area contributed by atoms with Crippen LogP contribution in [0.2, 0.25) is 0 Å². The van der Waals surface area contributed by atoms with E-state index >= 15 is 0 Å². The lowest BCUT2D eigenvalue weighted by atomic mass is 9.92. The van der Waals surface area contributed by atoms with Crippen molar-refractivity contribution in [2.45, 2.75) is 0 Å². The maximum Gasteiger partial charge on any atom is 0.137 e. The van der Waals surface area contributed by atoms with Gasteiger partial charge in [0.2, 0.25) is 0 Å². The monoisotopic (exact) mass is 687 g/mol.